The molecule has 1 heterocycles. The van der Waals surface area contributed by atoms with Crippen LogP contribution in [0.2, 0.25) is 0 Å². The molecule has 0 atom stereocenters. The molecule has 0 radical (unpaired) electrons. The highest BCUT2D eigenvalue weighted by Gasteiger charge is 2.52. The van der Waals surface area contributed by atoms with E-state index in [9.17, 15) is 22.8 Å². The number of likely N-dealkylation sites (tertiary alicyclic amines) is 1. The maximum atomic E-state index is 14.4. The van der Waals surface area contributed by atoms with Crippen LogP contribution in [-0.4, -0.2) is 69.1 Å². The number of piperidine rings is 1. The number of halogens is 1. The highest BCUT2D eigenvalue weighted by Crippen LogP contribution is 2.37. The molecule has 180 valence electrons. The molecule has 0 aromatic heterocycles. The predicted octanol–water partition coefficient (Wildman–Crippen LogP) is 2.65. The van der Waals surface area contributed by atoms with Gasteiger partial charge in [0.25, 0.3) is 5.91 Å². The topological polar surface area (TPSA) is 105 Å². The van der Waals surface area contributed by atoms with E-state index in [0.717, 1.165) is 6.54 Å². The van der Waals surface area contributed by atoms with Gasteiger partial charge in [-0.05, 0) is 54.8 Å². The van der Waals surface area contributed by atoms with Crippen molar-refractivity contribution in [1.82, 2.24) is 10.4 Å². The highest BCUT2D eigenvalue weighted by molar-refractivity contribution is 7.93. The van der Waals surface area contributed by atoms with Gasteiger partial charge in [-0.2, -0.15) is 0 Å². The van der Waals surface area contributed by atoms with Gasteiger partial charge in [-0.15, -0.1) is 0 Å². The van der Waals surface area contributed by atoms with Crippen molar-refractivity contribution in [2.75, 3.05) is 40.0 Å². The van der Waals surface area contributed by atoms with Crippen molar-refractivity contribution in [3.63, 3.8) is 0 Å². The zero-order valence-corrected chi connectivity index (χ0v) is 19.5. The molecule has 1 aliphatic rings. The number of carbonyl (C=O) groups is 1. The summed E-state index contributed by atoms with van der Waals surface area (Å²) in [7, 11) is -2.57. The van der Waals surface area contributed by atoms with Crippen molar-refractivity contribution in [3.8, 4) is 16.9 Å². The van der Waals surface area contributed by atoms with Gasteiger partial charge in [0, 0.05) is 20.2 Å². The molecule has 8 nitrogen and oxygen atoms in total. The Labute approximate surface area is 193 Å². The Hall–Kier alpha value is -2.53. The lowest BCUT2D eigenvalue weighted by Gasteiger charge is -2.39. The minimum absolute atomic E-state index is 0.0280. The molecule has 2 aromatic rings. The van der Waals surface area contributed by atoms with Gasteiger partial charge in [0.1, 0.15) is 6.61 Å². The molecule has 1 fully saturated rings. The summed E-state index contributed by atoms with van der Waals surface area (Å²) < 4.78 is 49.8. The smallest absolute Gasteiger partial charge is 0.265 e. The van der Waals surface area contributed by atoms with E-state index in [0.29, 0.717) is 30.8 Å². The van der Waals surface area contributed by atoms with E-state index < -0.39 is 26.3 Å². The molecule has 3 rings (SSSR count). The van der Waals surface area contributed by atoms with E-state index in [-0.39, 0.29) is 30.1 Å². The number of hydroxylamine groups is 1. The summed E-state index contributed by atoms with van der Waals surface area (Å²) in [6.45, 7) is 4.13. The second-order valence-electron chi connectivity index (χ2n) is 7.88. The van der Waals surface area contributed by atoms with Crippen molar-refractivity contribution < 1.29 is 32.3 Å². The second kappa shape index (κ2) is 10.6. The minimum Gasteiger partial charge on any atom is -0.488 e. The minimum atomic E-state index is -4.10. The first kappa shape index (κ1) is 25.1. The maximum Gasteiger partial charge on any atom is 0.265 e. The Balaban J connectivity index is 1.86. The number of rotatable bonds is 9. The maximum absolute atomic E-state index is 14.4. The molecule has 33 heavy (non-hydrogen) atoms. The molecule has 1 saturated heterocycles. The van der Waals surface area contributed by atoms with E-state index in [1.807, 2.05) is 6.92 Å². The first-order chi connectivity index (χ1) is 15.8. The lowest BCUT2D eigenvalue weighted by molar-refractivity contribution is -0.133. The molecule has 2 N–H and O–H groups in total. The molecule has 2 aromatic carbocycles. The van der Waals surface area contributed by atoms with Crippen LogP contribution >= 0.6 is 0 Å². The number of ether oxygens (including phenoxy) is 2. The Morgan fingerprint density at radius 2 is 1.76 bits per heavy atom. The largest absolute Gasteiger partial charge is 0.488 e. The number of hydrogen-bond acceptors (Lipinski definition) is 7. The summed E-state index contributed by atoms with van der Waals surface area (Å²) in [4.78, 5) is 14.6. The van der Waals surface area contributed by atoms with Crippen LogP contribution in [0.25, 0.3) is 11.1 Å². The molecule has 0 unspecified atom stereocenters. The van der Waals surface area contributed by atoms with Crippen LogP contribution in [0.15, 0.2) is 47.4 Å². The fourth-order valence-corrected chi connectivity index (χ4v) is 5.99. The summed E-state index contributed by atoms with van der Waals surface area (Å²) in [5.74, 6) is -1.36. The van der Waals surface area contributed by atoms with Crippen molar-refractivity contribution in [1.29, 1.82) is 0 Å². The van der Waals surface area contributed by atoms with Crippen LogP contribution in [0, 0.1) is 5.82 Å². The third-order valence-corrected chi connectivity index (χ3v) is 8.63. The monoisotopic (exact) mass is 480 g/mol. The SMILES string of the molecule is CCN1CCC(C(=O)NO)(S(=O)(=O)c2ccc(-c3ccc(OCCOC)c(F)c3)cc2)CC1. The number of sulfone groups is 1. The quantitative estimate of drug-likeness (QED) is 0.323. The van der Waals surface area contributed by atoms with Crippen molar-refractivity contribution in [2.45, 2.75) is 29.4 Å². The summed E-state index contributed by atoms with van der Waals surface area (Å²) in [5, 5.41) is 9.26. The normalized spacial score (nSPS) is 16.4. The van der Waals surface area contributed by atoms with Gasteiger partial charge in [0.05, 0.1) is 11.5 Å². The molecule has 0 spiro atoms. The van der Waals surface area contributed by atoms with Crippen LogP contribution in [0.1, 0.15) is 19.8 Å². The number of benzene rings is 2. The van der Waals surface area contributed by atoms with E-state index in [2.05, 4.69) is 4.90 Å². The van der Waals surface area contributed by atoms with Gasteiger partial charge >= 0.3 is 0 Å². The molecule has 1 amide bonds. The van der Waals surface area contributed by atoms with Gasteiger partial charge in [0.2, 0.25) is 0 Å². The van der Waals surface area contributed by atoms with Crippen molar-refractivity contribution in [2.24, 2.45) is 0 Å². The number of nitrogens with zero attached hydrogens (tertiary/aromatic N) is 1. The van der Waals surface area contributed by atoms with Crippen molar-refractivity contribution in [3.05, 3.63) is 48.3 Å². The van der Waals surface area contributed by atoms with Gasteiger partial charge < -0.3 is 14.4 Å². The van der Waals surface area contributed by atoms with Gasteiger partial charge in [-0.1, -0.05) is 25.1 Å². The predicted molar refractivity (Wildman–Crippen MR) is 120 cm³/mol. The molecule has 10 heteroatoms. The Morgan fingerprint density at radius 1 is 1.12 bits per heavy atom. The lowest BCUT2D eigenvalue weighted by Crippen LogP contribution is -2.57. The van der Waals surface area contributed by atoms with E-state index in [1.165, 1.54) is 31.4 Å². The Bertz CT molecular complexity index is 1070. The van der Waals surface area contributed by atoms with E-state index in [4.69, 9.17) is 9.47 Å². The average molecular weight is 481 g/mol. The van der Waals surface area contributed by atoms with Gasteiger partial charge in [-0.3, -0.25) is 10.0 Å². The molecular weight excluding hydrogens is 451 g/mol. The number of methoxy groups -OCH3 is 1. The van der Waals surface area contributed by atoms with Crippen LogP contribution in [0.4, 0.5) is 4.39 Å². The van der Waals surface area contributed by atoms with Crippen molar-refractivity contribution >= 4 is 15.7 Å². The first-order valence-electron chi connectivity index (χ1n) is 10.7. The summed E-state index contributed by atoms with van der Waals surface area (Å²) in [6, 6.07) is 10.4. The molecular formula is C23H29FN2O6S. The Kier molecular flexibility index (Phi) is 8.06. The lowest BCUT2D eigenvalue weighted by atomic mass is 9.95. The molecule has 0 saturated carbocycles. The summed E-state index contributed by atoms with van der Waals surface area (Å²) in [6.07, 6.45) is 0.153. The number of nitrogens with one attached hydrogen (secondary N) is 1. The third kappa shape index (κ3) is 5.03. The molecule has 0 bridgehead atoms. The third-order valence-electron chi connectivity index (χ3n) is 6.12. The fourth-order valence-electron chi connectivity index (χ4n) is 4.03. The number of hydrogen-bond donors (Lipinski definition) is 2. The average Bonchev–Trinajstić information content (AvgIpc) is 2.84. The van der Waals surface area contributed by atoms with Crippen LogP contribution in [0.3, 0.4) is 0 Å². The zero-order valence-electron chi connectivity index (χ0n) is 18.7. The molecule has 1 aliphatic heterocycles. The fraction of sp³-hybridized carbons (Fsp3) is 0.435. The van der Waals surface area contributed by atoms with Crippen LogP contribution < -0.4 is 10.2 Å². The van der Waals surface area contributed by atoms with Gasteiger partial charge in [-0.25, -0.2) is 18.3 Å². The van der Waals surface area contributed by atoms with E-state index in [1.54, 1.807) is 23.7 Å². The van der Waals surface area contributed by atoms with Gasteiger partial charge in [0.15, 0.2) is 26.2 Å². The summed E-state index contributed by atoms with van der Waals surface area (Å²) in [5.41, 5.74) is 2.71. The Morgan fingerprint density at radius 3 is 2.30 bits per heavy atom. The van der Waals surface area contributed by atoms with E-state index >= 15 is 0 Å². The second-order valence-corrected chi connectivity index (χ2v) is 10.1. The first-order valence-corrected chi connectivity index (χ1v) is 12.2. The molecule has 0 aliphatic carbocycles. The zero-order chi connectivity index (χ0) is 24.1. The van der Waals surface area contributed by atoms with Crippen LogP contribution in [-0.2, 0) is 19.4 Å². The standard InChI is InChI=1S/C23H29FN2O6S/c1-3-26-12-10-23(11-13-26,22(27)25-28)33(29,30)19-7-4-17(5-8-19)18-6-9-21(20(24)16-18)32-15-14-31-2/h4-9,16,28H,3,10-15H2,1-2H3,(H,25,27). The summed E-state index contributed by atoms with van der Waals surface area (Å²) >= 11 is 0. The number of carbonyl (C=O) groups excluding carboxylic acids is 1. The van der Waals surface area contributed by atoms with Crippen LogP contribution in [0.5, 0.6) is 5.75 Å². The number of amides is 1. The highest BCUT2D eigenvalue weighted by atomic mass is 32.2.